The lowest BCUT2D eigenvalue weighted by atomic mass is 10.1. The van der Waals surface area contributed by atoms with Crippen LogP contribution in [0.4, 0.5) is 5.69 Å². The summed E-state index contributed by atoms with van der Waals surface area (Å²) in [5.74, 6) is 0. The highest BCUT2D eigenvalue weighted by Gasteiger charge is 2.11. The topological polar surface area (TPSA) is 43.8 Å². The van der Waals surface area contributed by atoms with Crippen LogP contribution in [0.3, 0.4) is 0 Å². The van der Waals surface area contributed by atoms with Crippen molar-refractivity contribution < 1.29 is 0 Å². The Bertz CT molecular complexity index is 777. The van der Waals surface area contributed by atoms with Crippen molar-refractivity contribution in [1.29, 1.82) is 0 Å². The van der Waals surface area contributed by atoms with Crippen LogP contribution in [0.25, 0.3) is 11.3 Å². The first kappa shape index (κ1) is 13.7. The summed E-state index contributed by atoms with van der Waals surface area (Å²) in [6.07, 6.45) is 1.85. The number of aromatic nitrogens is 2. The zero-order valence-electron chi connectivity index (χ0n) is 11.8. The van der Waals surface area contributed by atoms with Crippen LogP contribution in [0, 0.1) is 6.92 Å². The van der Waals surface area contributed by atoms with E-state index in [1.54, 1.807) is 0 Å². The molecular formula is C17H16ClN3. The molecule has 0 fully saturated rings. The molecule has 106 valence electrons. The zero-order valence-corrected chi connectivity index (χ0v) is 12.5. The number of hydrogen-bond donors (Lipinski definition) is 1. The molecule has 2 aromatic carbocycles. The van der Waals surface area contributed by atoms with Gasteiger partial charge in [0.15, 0.2) is 0 Å². The largest absolute Gasteiger partial charge is 0.396 e. The van der Waals surface area contributed by atoms with E-state index in [4.69, 9.17) is 17.3 Å². The fourth-order valence-electron chi connectivity index (χ4n) is 2.38. The van der Waals surface area contributed by atoms with Crippen LogP contribution in [0.15, 0.2) is 54.7 Å². The molecule has 0 saturated heterocycles. The fourth-order valence-corrected chi connectivity index (χ4v) is 2.60. The van der Waals surface area contributed by atoms with E-state index in [9.17, 15) is 0 Å². The van der Waals surface area contributed by atoms with Crippen molar-refractivity contribution in [2.24, 2.45) is 0 Å². The van der Waals surface area contributed by atoms with E-state index >= 15 is 0 Å². The van der Waals surface area contributed by atoms with Crippen molar-refractivity contribution in [2.45, 2.75) is 13.5 Å². The van der Waals surface area contributed by atoms with E-state index in [1.807, 2.05) is 41.2 Å². The Morgan fingerprint density at radius 1 is 1.14 bits per heavy atom. The molecule has 2 N–H and O–H groups in total. The number of rotatable bonds is 3. The van der Waals surface area contributed by atoms with Gasteiger partial charge in [-0.2, -0.15) is 5.10 Å². The maximum Gasteiger partial charge on any atom is 0.117 e. The van der Waals surface area contributed by atoms with E-state index in [2.05, 4.69) is 30.2 Å². The summed E-state index contributed by atoms with van der Waals surface area (Å²) in [4.78, 5) is 0. The van der Waals surface area contributed by atoms with Gasteiger partial charge >= 0.3 is 0 Å². The van der Waals surface area contributed by atoms with Crippen molar-refractivity contribution in [3.63, 3.8) is 0 Å². The standard InChI is InChI=1S/C17H16ClN3/c1-12-5-4-6-13(9-12)10-21-11-16(19)17(20-21)14-7-2-3-8-15(14)18/h2-9,11H,10,19H2,1H3. The molecule has 0 amide bonds. The van der Waals surface area contributed by atoms with Crippen LogP contribution in [-0.2, 0) is 6.54 Å². The SMILES string of the molecule is Cc1cccc(Cn2cc(N)c(-c3ccccc3Cl)n2)c1. The average Bonchev–Trinajstić information content (AvgIpc) is 2.80. The van der Waals surface area contributed by atoms with E-state index < -0.39 is 0 Å². The molecule has 0 saturated carbocycles. The van der Waals surface area contributed by atoms with Gasteiger partial charge < -0.3 is 5.73 Å². The van der Waals surface area contributed by atoms with Crippen molar-refractivity contribution in [2.75, 3.05) is 5.73 Å². The van der Waals surface area contributed by atoms with Crippen LogP contribution in [0.2, 0.25) is 5.02 Å². The van der Waals surface area contributed by atoms with Crippen LogP contribution < -0.4 is 5.73 Å². The molecule has 3 nitrogen and oxygen atoms in total. The second kappa shape index (κ2) is 5.62. The average molecular weight is 298 g/mol. The van der Waals surface area contributed by atoms with Crippen LogP contribution in [-0.4, -0.2) is 9.78 Å². The summed E-state index contributed by atoms with van der Waals surface area (Å²) < 4.78 is 1.85. The van der Waals surface area contributed by atoms with Gasteiger partial charge in [-0.25, -0.2) is 0 Å². The van der Waals surface area contributed by atoms with Crippen molar-refractivity contribution in [1.82, 2.24) is 9.78 Å². The lowest BCUT2D eigenvalue weighted by Gasteiger charge is -2.03. The van der Waals surface area contributed by atoms with Crippen molar-refractivity contribution in [3.05, 3.63) is 70.9 Å². The van der Waals surface area contributed by atoms with Gasteiger partial charge in [0.1, 0.15) is 5.69 Å². The predicted molar refractivity (Wildman–Crippen MR) is 87.4 cm³/mol. The summed E-state index contributed by atoms with van der Waals surface area (Å²) in [5.41, 5.74) is 10.7. The van der Waals surface area contributed by atoms with Gasteiger partial charge in [-0.1, -0.05) is 59.6 Å². The molecule has 0 aliphatic rings. The van der Waals surface area contributed by atoms with Gasteiger partial charge in [0.2, 0.25) is 0 Å². The highest BCUT2D eigenvalue weighted by Crippen LogP contribution is 2.30. The minimum atomic E-state index is 0.635. The molecule has 1 aromatic heterocycles. The highest BCUT2D eigenvalue weighted by atomic mass is 35.5. The molecule has 0 spiro atoms. The Hall–Kier alpha value is -2.26. The number of anilines is 1. The Kier molecular flexibility index (Phi) is 3.67. The number of nitrogens with zero attached hydrogens (tertiary/aromatic N) is 2. The molecule has 0 bridgehead atoms. The minimum absolute atomic E-state index is 0.635. The van der Waals surface area contributed by atoms with Crippen molar-refractivity contribution in [3.8, 4) is 11.3 Å². The molecule has 0 aliphatic heterocycles. The van der Waals surface area contributed by atoms with Gasteiger partial charge in [-0.05, 0) is 18.6 Å². The predicted octanol–water partition coefficient (Wildman–Crippen LogP) is 4.14. The molecule has 3 aromatic rings. The third-order valence-corrected chi connectivity index (χ3v) is 3.68. The first-order chi connectivity index (χ1) is 10.1. The lowest BCUT2D eigenvalue weighted by molar-refractivity contribution is 0.689. The van der Waals surface area contributed by atoms with Gasteiger partial charge in [-0.3, -0.25) is 4.68 Å². The van der Waals surface area contributed by atoms with Crippen molar-refractivity contribution >= 4 is 17.3 Å². The number of nitrogens with two attached hydrogens (primary N) is 1. The number of halogens is 1. The fraction of sp³-hybridized carbons (Fsp3) is 0.118. The second-order valence-electron chi connectivity index (χ2n) is 5.10. The zero-order chi connectivity index (χ0) is 14.8. The van der Waals surface area contributed by atoms with Crippen LogP contribution in [0.5, 0.6) is 0 Å². The molecule has 0 aliphatic carbocycles. The minimum Gasteiger partial charge on any atom is -0.396 e. The number of aryl methyl sites for hydroxylation is 1. The summed E-state index contributed by atoms with van der Waals surface area (Å²) in [6, 6.07) is 16.0. The van der Waals surface area contributed by atoms with Gasteiger partial charge in [0, 0.05) is 11.8 Å². The molecule has 0 unspecified atom stereocenters. The summed E-state index contributed by atoms with van der Waals surface area (Å²) in [6.45, 7) is 2.77. The highest BCUT2D eigenvalue weighted by molar-refractivity contribution is 6.33. The molecule has 0 radical (unpaired) electrons. The first-order valence-electron chi connectivity index (χ1n) is 6.77. The lowest BCUT2D eigenvalue weighted by Crippen LogP contribution is -2.00. The summed E-state index contributed by atoms with van der Waals surface area (Å²) in [7, 11) is 0. The van der Waals surface area contributed by atoms with Gasteiger partial charge in [0.25, 0.3) is 0 Å². The van der Waals surface area contributed by atoms with Crippen LogP contribution in [0.1, 0.15) is 11.1 Å². The van der Waals surface area contributed by atoms with E-state index in [0.29, 0.717) is 17.3 Å². The number of benzene rings is 2. The maximum atomic E-state index is 6.22. The summed E-state index contributed by atoms with van der Waals surface area (Å²) >= 11 is 6.22. The molecular weight excluding hydrogens is 282 g/mol. The second-order valence-corrected chi connectivity index (χ2v) is 5.51. The third kappa shape index (κ3) is 2.93. The Labute approximate surface area is 129 Å². The molecule has 1 heterocycles. The Morgan fingerprint density at radius 3 is 2.71 bits per heavy atom. The molecule has 21 heavy (non-hydrogen) atoms. The molecule has 0 atom stereocenters. The quantitative estimate of drug-likeness (QED) is 0.789. The monoisotopic (exact) mass is 297 g/mol. The van der Waals surface area contributed by atoms with E-state index in [1.165, 1.54) is 11.1 Å². The first-order valence-corrected chi connectivity index (χ1v) is 7.14. The van der Waals surface area contributed by atoms with Gasteiger partial charge in [0.05, 0.1) is 17.3 Å². The molecule has 4 heteroatoms. The van der Waals surface area contributed by atoms with Crippen LogP contribution >= 0.6 is 11.6 Å². The Balaban J connectivity index is 1.93. The third-order valence-electron chi connectivity index (χ3n) is 3.35. The maximum absolute atomic E-state index is 6.22. The number of hydrogen-bond acceptors (Lipinski definition) is 2. The smallest absolute Gasteiger partial charge is 0.117 e. The normalized spacial score (nSPS) is 10.8. The van der Waals surface area contributed by atoms with Gasteiger partial charge in [-0.15, -0.1) is 0 Å². The molecule has 3 rings (SSSR count). The van der Waals surface area contributed by atoms with E-state index in [-0.39, 0.29) is 0 Å². The number of nitrogen functional groups attached to an aromatic ring is 1. The summed E-state index contributed by atoms with van der Waals surface area (Å²) in [5, 5.41) is 5.23. The van der Waals surface area contributed by atoms with E-state index in [0.717, 1.165) is 11.3 Å². The Morgan fingerprint density at radius 2 is 1.95 bits per heavy atom.